The van der Waals surface area contributed by atoms with Gasteiger partial charge in [-0.2, -0.15) is 0 Å². The summed E-state index contributed by atoms with van der Waals surface area (Å²) in [6.07, 6.45) is -1.69. The van der Waals surface area contributed by atoms with Gasteiger partial charge in [0.15, 0.2) is 5.60 Å². The molecule has 112 valence electrons. The van der Waals surface area contributed by atoms with Crippen molar-refractivity contribution in [3.05, 3.63) is 59.7 Å². The van der Waals surface area contributed by atoms with Crippen molar-refractivity contribution in [1.82, 2.24) is 0 Å². The molecule has 1 fully saturated rings. The molecule has 4 nitrogen and oxygen atoms in total. The van der Waals surface area contributed by atoms with Gasteiger partial charge in [0.2, 0.25) is 11.9 Å². The van der Waals surface area contributed by atoms with Crippen LogP contribution in [0.3, 0.4) is 0 Å². The Balaban J connectivity index is 1.93. The van der Waals surface area contributed by atoms with Crippen molar-refractivity contribution in [2.75, 3.05) is 0 Å². The maximum atomic E-state index is 12.0. The molecule has 2 aromatic carbocycles. The van der Waals surface area contributed by atoms with Crippen molar-refractivity contribution in [2.24, 2.45) is 0 Å². The molecule has 0 aromatic heterocycles. The van der Waals surface area contributed by atoms with E-state index >= 15 is 0 Å². The first-order valence-corrected chi connectivity index (χ1v) is 7.04. The molecule has 0 aliphatic carbocycles. The van der Waals surface area contributed by atoms with Crippen LogP contribution in [0, 0.1) is 6.92 Å². The summed E-state index contributed by atoms with van der Waals surface area (Å²) in [5.74, 6) is -1.52. The van der Waals surface area contributed by atoms with Crippen molar-refractivity contribution in [3.63, 3.8) is 0 Å². The number of carbonyl (C=O) groups excluding carboxylic acids is 2. The summed E-state index contributed by atoms with van der Waals surface area (Å²) in [7, 11) is 0. The lowest BCUT2D eigenvalue weighted by Crippen LogP contribution is -2.33. The van der Waals surface area contributed by atoms with Gasteiger partial charge in [0.05, 0.1) is 0 Å². The van der Waals surface area contributed by atoms with Gasteiger partial charge in [0.1, 0.15) is 0 Å². The number of ketones is 1. The first-order chi connectivity index (χ1) is 10.4. The van der Waals surface area contributed by atoms with Gasteiger partial charge in [-0.3, -0.25) is 4.79 Å². The fourth-order valence-electron chi connectivity index (χ4n) is 2.60. The molecule has 1 saturated heterocycles. The predicted octanol–water partition coefficient (Wildman–Crippen LogP) is 2.36. The van der Waals surface area contributed by atoms with Gasteiger partial charge < -0.3 is 9.84 Å². The van der Waals surface area contributed by atoms with Crippen LogP contribution in [0.1, 0.15) is 18.1 Å². The number of aryl methyl sites for hydroxylation is 1. The molecule has 1 N–H and O–H groups in total. The number of ether oxygens (including phenoxy) is 1. The minimum atomic E-state index is -1.69. The number of carbonyl (C=O) groups is 2. The molecule has 0 bridgehead atoms. The van der Waals surface area contributed by atoms with Gasteiger partial charge >= 0.3 is 5.97 Å². The van der Waals surface area contributed by atoms with Crippen molar-refractivity contribution < 1.29 is 19.4 Å². The zero-order chi connectivity index (χ0) is 15.9. The second kappa shape index (κ2) is 5.07. The van der Waals surface area contributed by atoms with E-state index in [2.05, 4.69) is 0 Å². The van der Waals surface area contributed by atoms with Gasteiger partial charge in [-0.15, -0.1) is 0 Å². The van der Waals surface area contributed by atoms with Gasteiger partial charge in [0, 0.05) is 5.56 Å². The number of hydrogen-bond acceptors (Lipinski definition) is 4. The monoisotopic (exact) mass is 296 g/mol. The number of rotatable bonds is 2. The Bertz CT molecular complexity index is 731. The van der Waals surface area contributed by atoms with E-state index in [9.17, 15) is 14.7 Å². The zero-order valence-corrected chi connectivity index (χ0v) is 12.4. The highest BCUT2D eigenvalue weighted by Gasteiger charge is 2.52. The average Bonchev–Trinajstić information content (AvgIpc) is 2.73. The highest BCUT2D eigenvalue weighted by molar-refractivity contribution is 6.11. The standard InChI is InChI=1S/C18H16O4/c1-11-3-5-12(6-4-11)13-7-9-14(10-8-13)18(2)16(20)15(19)17(21)22-18/h3-10,15,19H,1-2H3. The number of aliphatic hydroxyl groups excluding tert-OH is 1. The smallest absolute Gasteiger partial charge is 0.344 e. The summed E-state index contributed by atoms with van der Waals surface area (Å²) in [6.45, 7) is 3.53. The number of cyclic esters (lactones) is 1. The summed E-state index contributed by atoms with van der Waals surface area (Å²) in [6, 6.07) is 15.4. The normalized spacial score (nSPS) is 24.4. The Morgan fingerprint density at radius 3 is 1.91 bits per heavy atom. The predicted molar refractivity (Wildman–Crippen MR) is 81.1 cm³/mol. The van der Waals surface area contributed by atoms with E-state index in [1.165, 1.54) is 12.5 Å². The topological polar surface area (TPSA) is 63.6 Å². The summed E-state index contributed by atoms with van der Waals surface area (Å²) < 4.78 is 5.08. The number of hydrogen-bond donors (Lipinski definition) is 1. The number of Topliss-reactive ketones (excluding diaryl/α,β-unsaturated/α-hetero) is 1. The Morgan fingerprint density at radius 2 is 1.45 bits per heavy atom. The van der Waals surface area contributed by atoms with Crippen LogP contribution in [0.2, 0.25) is 0 Å². The van der Waals surface area contributed by atoms with Crippen molar-refractivity contribution >= 4 is 11.8 Å². The lowest BCUT2D eigenvalue weighted by Gasteiger charge is -2.21. The van der Waals surface area contributed by atoms with E-state index in [1.54, 1.807) is 12.1 Å². The SMILES string of the molecule is Cc1ccc(-c2ccc(C3(C)OC(=O)C(O)C3=O)cc2)cc1. The molecule has 4 heteroatoms. The van der Waals surface area contributed by atoms with Crippen molar-refractivity contribution in [2.45, 2.75) is 25.6 Å². The molecule has 0 saturated carbocycles. The fourth-order valence-corrected chi connectivity index (χ4v) is 2.60. The molecule has 1 aliphatic rings. The molecule has 0 radical (unpaired) electrons. The fraction of sp³-hybridized carbons (Fsp3) is 0.222. The molecule has 0 spiro atoms. The maximum Gasteiger partial charge on any atom is 0.344 e. The maximum absolute atomic E-state index is 12.0. The molecule has 0 amide bonds. The van der Waals surface area contributed by atoms with E-state index in [0.717, 1.165) is 11.1 Å². The largest absolute Gasteiger partial charge is 0.444 e. The molecule has 1 aliphatic heterocycles. The summed E-state index contributed by atoms with van der Waals surface area (Å²) in [5, 5.41) is 9.50. The molecular formula is C18H16O4. The zero-order valence-electron chi connectivity index (χ0n) is 12.4. The van der Waals surface area contributed by atoms with Crippen LogP contribution < -0.4 is 0 Å². The number of benzene rings is 2. The van der Waals surface area contributed by atoms with Crippen molar-refractivity contribution in [1.29, 1.82) is 0 Å². The molecule has 22 heavy (non-hydrogen) atoms. The third-order valence-corrected chi connectivity index (χ3v) is 4.07. The van der Waals surface area contributed by atoms with Gasteiger partial charge in [-0.05, 0) is 25.0 Å². The first-order valence-electron chi connectivity index (χ1n) is 7.04. The van der Waals surface area contributed by atoms with Crippen molar-refractivity contribution in [3.8, 4) is 11.1 Å². The molecular weight excluding hydrogens is 280 g/mol. The summed E-state index contributed by atoms with van der Waals surface area (Å²) in [5.41, 5.74) is 2.40. The van der Waals surface area contributed by atoms with Crippen LogP contribution in [0.5, 0.6) is 0 Å². The van der Waals surface area contributed by atoms with Crippen LogP contribution in [0.25, 0.3) is 11.1 Å². The van der Waals surface area contributed by atoms with Crippen LogP contribution >= 0.6 is 0 Å². The van der Waals surface area contributed by atoms with Crippen LogP contribution in [-0.4, -0.2) is 23.0 Å². The molecule has 2 aromatic rings. The Hall–Kier alpha value is -2.46. The lowest BCUT2D eigenvalue weighted by atomic mass is 9.89. The minimum Gasteiger partial charge on any atom is -0.444 e. The van der Waals surface area contributed by atoms with Crippen LogP contribution in [-0.2, 0) is 19.9 Å². The second-order valence-corrected chi connectivity index (χ2v) is 5.66. The molecule has 2 unspecified atom stereocenters. The highest BCUT2D eigenvalue weighted by atomic mass is 16.6. The van der Waals surface area contributed by atoms with Gasteiger partial charge in [-0.25, -0.2) is 4.79 Å². The summed E-state index contributed by atoms with van der Waals surface area (Å²) >= 11 is 0. The number of esters is 1. The minimum absolute atomic E-state index is 0.554. The van der Waals surface area contributed by atoms with Gasteiger partial charge in [0.25, 0.3) is 0 Å². The molecule has 3 rings (SSSR count). The third-order valence-electron chi connectivity index (χ3n) is 4.07. The van der Waals surface area contributed by atoms with Crippen LogP contribution in [0.15, 0.2) is 48.5 Å². The lowest BCUT2D eigenvalue weighted by molar-refractivity contribution is -0.153. The Labute approximate surface area is 128 Å². The van der Waals surface area contributed by atoms with E-state index in [-0.39, 0.29) is 0 Å². The summed E-state index contributed by atoms with van der Waals surface area (Å²) in [4.78, 5) is 23.4. The first kappa shape index (κ1) is 14.5. The third kappa shape index (κ3) is 2.22. The highest BCUT2D eigenvalue weighted by Crippen LogP contribution is 2.34. The molecule has 2 atom stereocenters. The van der Waals surface area contributed by atoms with E-state index < -0.39 is 23.5 Å². The quantitative estimate of drug-likeness (QED) is 0.682. The van der Waals surface area contributed by atoms with Gasteiger partial charge in [-0.1, -0.05) is 54.1 Å². The average molecular weight is 296 g/mol. The van der Waals surface area contributed by atoms with E-state index in [0.29, 0.717) is 5.56 Å². The second-order valence-electron chi connectivity index (χ2n) is 5.66. The van der Waals surface area contributed by atoms with E-state index in [1.807, 2.05) is 43.3 Å². The Morgan fingerprint density at radius 1 is 0.955 bits per heavy atom. The Kier molecular flexibility index (Phi) is 3.34. The van der Waals surface area contributed by atoms with Crippen LogP contribution in [0.4, 0.5) is 0 Å². The molecule has 1 heterocycles. The van der Waals surface area contributed by atoms with E-state index in [4.69, 9.17) is 4.74 Å². The number of aliphatic hydroxyl groups is 1.